The van der Waals surface area contributed by atoms with Crippen molar-refractivity contribution < 1.29 is 9.53 Å². The lowest BCUT2D eigenvalue weighted by molar-refractivity contribution is -0.139. The molecule has 0 aliphatic heterocycles. The van der Waals surface area contributed by atoms with Gasteiger partial charge in [0, 0.05) is 18.6 Å². The summed E-state index contributed by atoms with van der Waals surface area (Å²) in [6.45, 7) is 1.67. The Morgan fingerprint density at radius 2 is 2.22 bits per heavy atom. The summed E-state index contributed by atoms with van der Waals surface area (Å²) in [5, 5.41) is 0. The van der Waals surface area contributed by atoms with E-state index < -0.39 is 11.5 Å². The van der Waals surface area contributed by atoms with Crippen molar-refractivity contribution in [2.75, 3.05) is 7.11 Å². The molecule has 1 fully saturated rings. The maximum absolute atomic E-state index is 11.5. The van der Waals surface area contributed by atoms with E-state index in [1.807, 2.05) is 24.3 Å². The number of carbonyl (C=O) groups is 1. The van der Waals surface area contributed by atoms with Crippen LogP contribution < -0.4 is 5.73 Å². The zero-order valence-electron chi connectivity index (χ0n) is 10.7. The maximum Gasteiger partial charge on any atom is 0.254 e. The van der Waals surface area contributed by atoms with Crippen molar-refractivity contribution in [1.82, 2.24) is 0 Å². The lowest BCUT2D eigenvalue weighted by Gasteiger charge is -2.24. The molecule has 94 valence electrons. The molecule has 1 saturated carbocycles. The van der Waals surface area contributed by atoms with E-state index in [0.29, 0.717) is 5.92 Å². The van der Waals surface area contributed by atoms with Crippen molar-refractivity contribution in [1.29, 1.82) is 0 Å². The minimum Gasteiger partial charge on any atom is -0.367 e. The average molecular weight is 243 g/mol. The molecule has 1 aromatic carbocycles. The van der Waals surface area contributed by atoms with Gasteiger partial charge in [-0.05, 0) is 37.5 Å². The number of ether oxygens (including phenoxy) is 1. The molecule has 1 unspecified atom stereocenters. The van der Waals surface area contributed by atoms with Gasteiger partial charge in [0.05, 0.1) is 0 Å². The summed E-state index contributed by atoms with van der Waals surface area (Å²) in [6.07, 6.45) is 2.40. The topological polar surface area (TPSA) is 52.3 Å². The monoisotopic (exact) mass is 243 g/mol. The maximum atomic E-state index is 11.5. The second-order valence-electron chi connectivity index (χ2n) is 4.73. The second kappa shape index (κ2) is 4.83. The smallest absolute Gasteiger partial charge is 0.254 e. The van der Waals surface area contributed by atoms with Gasteiger partial charge in [-0.1, -0.05) is 24.0 Å². The van der Waals surface area contributed by atoms with Crippen LogP contribution in [0.4, 0.5) is 0 Å². The van der Waals surface area contributed by atoms with Gasteiger partial charge >= 0.3 is 0 Å². The number of rotatable bonds is 3. The summed E-state index contributed by atoms with van der Waals surface area (Å²) < 4.78 is 5.26. The summed E-state index contributed by atoms with van der Waals surface area (Å²) in [6, 6.07) is 7.49. The molecule has 3 heteroatoms. The lowest BCUT2D eigenvalue weighted by atomic mass is 9.93. The second-order valence-corrected chi connectivity index (χ2v) is 4.73. The van der Waals surface area contributed by atoms with Crippen molar-refractivity contribution >= 4 is 5.91 Å². The van der Waals surface area contributed by atoms with E-state index in [9.17, 15) is 4.79 Å². The predicted octanol–water partition coefficient (Wildman–Crippen LogP) is 1.79. The largest absolute Gasteiger partial charge is 0.367 e. The molecule has 3 nitrogen and oxygen atoms in total. The van der Waals surface area contributed by atoms with Gasteiger partial charge in [0.25, 0.3) is 5.91 Å². The van der Waals surface area contributed by atoms with Gasteiger partial charge in [-0.25, -0.2) is 0 Å². The first-order valence-corrected chi connectivity index (χ1v) is 6.03. The van der Waals surface area contributed by atoms with Gasteiger partial charge in [0.15, 0.2) is 5.60 Å². The Bertz CT molecular complexity index is 523. The Labute approximate surface area is 107 Å². The van der Waals surface area contributed by atoms with E-state index >= 15 is 0 Å². The fourth-order valence-electron chi connectivity index (χ4n) is 1.67. The fourth-order valence-corrected chi connectivity index (χ4v) is 1.67. The van der Waals surface area contributed by atoms with Gasteiger partial charge in [-0.2, -0.15) is 0 Å². The van der Waals surface area contributed by atoms with Crippen LogP contribution >= 0.6 is 0 Å². The molecule has 0 aromatic heterocycles. The van der Waals surface area contributed by atoms with Crippen molar-refractivity contribution in [2.24, 2.45) is 11.7 Å². The SMILES string of the molecule is COC(C)(C(N)=O)c1cccc(C#CC2CC2)c1. The van der Waals surface area contributed by atoms with Gasteiger partial charge in [-0.15, -0.1) is 0 Å². The van der Waals surface area contributed by atoms with Gasteiger partial charge in [0.1, 0.15) is 0 Å². The Hall–Kier alpha value is -1.79. The Kier molecular flexibility index (Phi) is 3.40. The average Bonchev–Trinajstić information content (AvgIpc) is 3.19. The van der Waals surface area contributed by atoms with Crippen molar-refractivity contribution in [3.8, 4) is 11.8 Å². The zero-order valence-corrected chi connectivity index (χ0v) is 10.7. The molecule has 0 saturated heterocycles. The highest BCUT2D eigenvalue weighted by molar-refractivity contribution is 5.84. The van der Waals surface area contributed by atoms with Crippen LogP contribution in [-0.2, 0) is 15.1 Å². The van der Waals surface area contributed by atoms with Crippen LogP contribution in [0.2, 0.25) is 0 Å². The minimum absolute atomic E-state index is 0.502. The summed E-state index contributed by atoms with van der Waals surface area (Å²) in [7, 11) is 1.48. The van der Waals surface area contributed by atoms with E-state index in [4.69, 9.17) is 10.5 Å². The molecule has 1 amide bonds. The van der Waals surface area contributed by atoms with E-state index in [-0.39, 0.29) is 0 Å². The van der Waals surface area contributed by atoms with Crippen LogP contribution in [0.25, 0.3) is 0 Å². The number of carbonyl (C=O) groups excluding carboxylic acids is 1. The van der Waals surface area contributed by atoms with E-state index in [1.54, 1.807) is 6.92 Å². The summed E-state index contributed by atoms with van der Waals surface area (Å²) in [5.41, 5.74) is 5.92. The summed E-state index contributed by atoms with van der Waals surface area (Å²) in [4.78, 5) is 11.5. The Morgan fingerprint density at radius 3 is 2.78 bits per heavy atom. The quantitative estimate of drug-likeness (QED) is 0.823. The van der Waals surface area contributed by atoms with Gasteiger partial charge < -0.3 is 10.5 Å². The van der Waals surface area contributed by atoms with Crippen molar-refractivity contribution in [3.63, 3.8) is 0 Å². The molecule has 1 aliphatic carbocycles. The van der Waals surface area contributed by atoms with E-state index in [0.717, 1.165) is 11.1 Å². The highest BCUT2D eigenvalue weighted by Gasteiger charge is 2.33. The summed E-state index contributed by atoms with van der Waals surface area (Å²) in [5.74, 6) is 6.37. The third kappa shape index (κ3) is 2.55. The third-order valence-corrected chi connectivity index (χ3v) is 3.29. The standard InChI is InChI=1S/C15H17NO2/c1-15(18-2,14(16)17)13-5-3-4-12(10-13)9-8-11-6-7-11/h3-5,10-11H,6-7H2,1-2H3,(H2,16,17). The van der Waals surface area contributed by atoms with Crippen LogP contribution in [0, 0.1) is 17.8 Å². The number of benzene rings is 1. The molecule has 0 spiro atoms. The first-order valence-electron chi connectivity index (χ1n) is 6.03. The van der Waals surface area contributed by atoms with Crippen LogP contribution in [0.1, 0.15) is 30.9 Å². The molecular formula is C15H17NO2. The molecule has 0 bridgehead atoms. The third-order valence-electron chi connectivity index (χ3n) is 3.29. The Balaban J connectivity index is 2.31. The van der Waals surface area contributed by atoms with Crippen LogP contribution in [-0.4, -0.2) is 13.0 Å². The fraction of sp³-hybridized carbons (Fsp3) is 0.400. The van der Waals surface area contributed by atoms with E-state index in [1.165, 1.54) is 20.0 Å². The highest BCUT2D eigenvalue weighted by Crippen LogP contribution is 2.28. The van der Waals surface area contributed by atoms with Crippen LogP contribution in [0.3, 0.4) is 0 Å². The van der Waals surface area contributed by atoms with E-state index in [2.05, 4.69) is 11.8 Å². The number of methoxy groups -OCH3 is 1. The molecule has 18 heavy (non-hydrogen) atoms. The molecule has 1 aromatic rings. The first kappa shape index (κ1) is 12.7. The van der Waals surface area contributed by atoms with Gasteiger partial charge in [-0.3, -0.25) is 4.79 Å². The summed E-state index contributed by atoms with van der Waals surface area (Å²) >= 11 is 0. The number of hydrogen-bond acceptors (Lipinski definition) is 2. The van der Waals surface area contributed by atoms with Crippen LogP contribution in [0.15, 0.2) is 24.3 Å². The molecule has 0 heterocycles. The lowest BCUT2D eigenvalue weighted by Crippen LogP contribution is -2.40. The minimum atomic E-state index is -1.10. The molecule has 2 rings (SSSR count). The predicted molar refractivity (Wildman–Crippen MR) is 69.6 cm³/mol. The molecule has 0 radical (unpaired) electrons. The number of hydrogen-bond donors (Lipinski definition) is 1. The molecule has 1 aliphatic rings. The van der Waals surface area contributed by atoms with Crippen molar-refractivity contribution in [2.45, 2.75) is 25.4 Å². The van der Waals surface area contributed by atoms with Crippen LogP contribution in [0.5, 0.6) is 0 Å². The highest BCUT2D eigenvalue weighted by atomic mass is 16.5. The first-order chi connectivity index (χ1) is 8.56. The molecule has 2 N–H and O–H groups in total. The normalized spacial score (nSPS) is 17.4. The number of primary amides is 1. The Morgan fingerprint density at radius 1 is 1.50 bits per heavy atom. The zero-order chi connectivity index (χ0) is 13.2. The number of nitrogens with two attached hydrogens (primary N) is 1. The molecule has 1 atom stereocenters. The number of amides is 1. The molecular weight excluding hydrogens is 226 g/mol. The van der Waals surface area contributed by atoms with Crippen molar-refractivity contribution in [3.05, 3.63) is 35.4 Å². The van der Waals surface area contributed by atoms with Gasteiger partial charge in [0.2, 0.25) is 0 Å².